The quantitative estimate of drug-likeness (QED) is 0.900. The first kappa shape index (κ1) is 16.3. The Kier molecular flexibility index (Phi) is 4.43. The number of rotatable bonds is 4. The van der Waals surface area contributed by atoms with Crippen molar-refractivity contribution in [1.29, 1.82) is 0 Å². The summed E-state index contributed by atoms with van der Waals surface area (Å²) in [5.74, 6) is -1.25. The molecule has 1 aromatic heterocycles. The molecule has 9 heteroatoms. The van der Waals surface area contributed by atoms with Crippen molar-refractivity contribution in [2.24, 2.45) is 17.6 Å². The molecular formula is C13H17F3N4O2. The monoisotopic (exact) mass is 318 g/mol. The summed E-state index contributed by atoms with van der Waals surface area (Å²) in [4.78, 5) is 25.0. The van der Waals surface area contributed by atoms with Gasteiger partial charge >= 0.3 is 6.18 Å². The molecular weight excluding hydrogens is 301 g/mol. The van der Waals surface area contributed by atoms with Gasteiger partial charge in [-0.1, -0.05) is 6.92 Å². The van der Waals surface area contributed by atoms with E-state index in [0.717, 1.165) is 4.68 Å². The summed E-state index contributed by atoms with van der Waals surface area (Å²) in [5, 5.41) is 3.76. The van der Waals surface area contributed by atoms with Crippen molar-refractivity contribution in [3.05, 3.63) is 18.0 Å². The molecule has 0 spiro atoms. The molecule has 1 fully saturated rings. The molecule has 0 aliphatic carbocycles. The van der Waals surface area contributed by atoms with Crippen molar-refractivity contribution in [2.45, 2.75) is 26.1 Å². The predicted octanol–water partition coefficient (Wildman–Crippen LogP) is 1.03. The molecule has 6 nitrogen and oxygen atoms in total. The molecule has 0 bridgehead atoms. The maximum atomic E-state index is 12.3. The van der Waals surface area contributed by atoms with Crippen LogP contribution in [0.25, 0.3) is 0 Å². The molecule has 2 amide bonds. The van der Waals surface area contributed by atoms with Gasteiger partial charge in [0.1, 0.15) is 0 Å². The normalized spacial score (nSPS) is 22.1. The summed E-state index contributed by atoms with van der Waals surface area (Å²) in [7, 11) is 0. The van der Waals surface area contributed by atoms with E-state index in [2.05, 4.69) is 5.10 Å². The van der Waals surface area contributed by atoms with Crippen molar-refractivity contribution in [3.63, 3.8) is 0 Å². The molecule has 1 saturated heterocycles. The Morgan fingerprint density at radius 1 is 1.41 bits per heavy atom. The molecule has 0 saturated carbocycles. The van der Waals surface area contributed by atoms with Gasteiger partial charge in [-0.2, -0.15) is 18.3 Å². The van der Waals surface area contributed by atoms with Gasteiger partial charge < -0.3 is 10.6 Å². The van der Waals surface area contributed by atoms with Gasteiger partial charge in [0, 0.05) is 25.8 Å². The lowest BCUT2D eigenvalue weighted by molar-refractivity contribution is -0.137. The molecule has 1 aliphatic rings. The van der Waals surface area contributed by atoms with Crippen LogP contribution in [0.15, 0.2) is 12.4 Å². The number of carbonyl (C=O) groups excluding carboxylic acids is 2. The van der Waals surface area contributed by atoms with Gasteiger partial charge in [-0.3, -0.25) is 14.3 Å². The molecule has 0 aromatic carbocycles. The largest absolute Gasteiger partial charge is 0.390 e. The van der Waals surface area contributed by atoms with E-state index in [1.54, 1.807) is 0 Å². The average molecular weight is 318 g/mol. The SMILES string of the molecule is C[C@@H]1CN(C(=O)c2cnn(CCC(F)(F)F)c2)C[C@H]1C(N)=O. The van der Waals surface area contributed by atoms with Crippen LogP contribution < -0.4 is 5.73 Å². The standard InChI is InChI=1S/C13H17F3N4O2/c1-8-5-19(7-10(8)11(17)21)12(22)9-4-18-20(6-9)3-2-13(14,15)16/h4,6,8,10H,2-3,5,7H2,1H3,(H2,17,21)/t8-,10-/m1/s1. The Bertz CT molecular complexity index is 570. The summed E-state index contributed by atoms with van der Waals surface area (Å²) >= 11 is 0. The minimum atomic E-state index is -4.27. The van der Waals surface area contributed by atoms with E-state index < -0.39 is 24.4 Å². The number of nitrogens with zero attached hydrogens (tertiary/aromatic N) is 3. The molecule has 0 unspecified atom stereocenters. The summed E-state index contributed by atoms with van der Waals surface area (Å²) in [5.41, 5.74) is 5.48. The first-order valence-corrected chi connectivity index (χ1v) is 6.85. The minimum Gasteiger partial charge on any atom is -0.369 e. The first-order valence-electron chi connectivity index (χ1n) is 6.85. The number of nitrogens with two attached hydrogens (primary N) is 1. The van der Waals surface area contributed by atoms with Crippen LogP contribution in [0.4, 0.5) is 13.2 Å². The second-order valence-corrected chi connectivity index (χ2v) is 5.55. The summed E-state index contributed by atoms with van der Waals surface area (Å²) in [6, 6.07) is 0. The lowest BCUT2D eigenvalue weighted by atomic mass is 9.98. The Labute approximate surface area is 125 Å². The van der Waals surface area contributed by atoms with Gasteiger partial charge in [0.15, 0.2) is 0 Å². The third kappa shape index (κ3) is 3.77. The molecule has 0 radical (unpaired) electrons. The number of alkyl halides is 3. The van der Waals surface area contributed by atoms with Gasteiger partial charge in [-0.15, -0.1) is 0 Å². The van der Waals surface area contributed by atoms with Crippen LogP contribution in [0.2, 0.25) is 0 Å². The van der Waals surface area contributed by atoms with Crippen molar-refractivity contribution in [3.8, 4) is 0 Å². The van der Waals surface area contributed by atoms with E-state index in [0.29, 0.717) is 6.54 Å². The summed E-state index contributed by atoms with van der Waals surface area (Å²) in [6.07, 6.45) is -2.75. The van der Waals surface area contributed by atoms with Crippen LogP contribution in [-0.4, -0.2) is 45.8 Å². The first-order chi connectivity index (χ1) is 10.2. The molecule has 1 aromatic rings. The molecule has 1 aliphatic heterocycles. The fourth-order valence-corrected chi connectivity index (χ4v) is 2.52. The third-order valence-corrected chi connectivity index (χ3v) is 3.77. The van der Waals surface area contributed by atoms with E-state index in [-0.39, 0.29) is 30.5 Å². The zero-order chi connectivity index (χ0) is 16.5. The van der Waals surface area contributed by atoms with Crippen LogP contribution in [-0.2, 0) is 11.3 Å². The van der Waals surface area contributed by atoms with E-state index in [1.807, 2.05) is 6.92 Å². The lowest BCUT2D eigenvalue weighted by Crippen LogP contribution is -2.31. The number of amides is 2. The molecule has 2 rings (SSSR count). The second-order valence-electron chi connectivity index (χ2n) is 5.55. The number of carbonyl (C=O) groups is 2. The number of primary amides is 1. The summed E-state index contributed by atoms with van der Waals surface area (Å²) < 4.78 is 37.6. The van der Waals surface area contributed by atoms with Gasteiger partial charge in [-0.05, 0) is 5.92 Å². The molecule has 22 heavy (non-hydrogen) atoms. The van der Waals surface area contributed by atoms with Crippen LogP contribution >= 0.6 is 0 Å². The highest BCUT2D eigenvalue weighted by molar-refractivity contribution is 5.94. The highest BCUT2D eigenvalue weighted by Gasteiger charge is 2.36. The Hall–Kier alpha value is -2.06. The fourth-order valence-electron chi connectivity index (χ4n) is 2.52. The smallest absolute Gasteiger partial charge is 0.369 e. The maximum absolute atomic E-state index is 12.3. The molecule has 2 heterocycles. The van der Waals surface area contributed by atoms with E-state index in [1.165, 1.54) is 17.3 Å². The van der Waals surface area contributed by atoms with Crippen molar-refractivity contribution in [2.75, 3.05) is 13.1 Å². The zero-order valence-electron chi connectivity index (χ0n) is 12.0. The van der Waals surface area contributed by atoms with Crippen molar-refractivity contribution < 1.29 is 22.8 Å². The van der Waals surface area contributed by atoms with Gasteiger partial charge in [0.2, 0.25) is 5.91 Å². The Morgan fingerprint density at radius 3 is 2.64 bits per heavy atom. The second kappa shape index (κ2) is 5.98. The Balaban J connectivity index is 1.99. The molecule has 122 valence electrons. The Morgan fingerprint density at radius 2 is 2.09 bits per heavy atom. The van der Waals surface area contributed by atoms with E-state index in [9.17, 15) is 22.8 Å². The predicted molar refractivity (Wildman–Crippen MR) is 70.7 cm³/mol. The number of likely N-dealkylation sites (tertiary alicyclic amines) is 1. The van der Waals surface area contributed by atoms with Crippen molar-refractivity contribution in [1.82, 2.24) is 14.7 Å². The highest BCUT2D eigenvalue weighted by Crippen LogP contribution is 2.24. The topological polar surface area (TPSA) is 81.2 Å². The number of hydrogen-bond donors (Lipinski definition) is 1. The number of aryl methyl sites for hydroxylation is 1. The van der Waals surface area contributed by atoms with E-state index >= 15 is 0 Å². The maximum Gasteiger partial charge on any atom is 0.390 e. The lowest BCUT2D eigenvalue weighted by Gasteiger charge is -2.14. The van der Waals surface area contributed by atoms with Crippen LogP contribution in [0.3, 0.4) is 0 Å². The van der Waals surface area contributed by atoms with E-state index in [4.69, 9.17) is 5.73 Å². The van der Waals surface area contributed by atoms with Crippen molar-refractivity contribution >= 4 is 11.8 Å². The zero-order valence-corrected chi connectivity index (χ0v) is 12.0. The van der Waals surface area contributed by atoms with Gasteiger partial charge in [0.25, 0.3) is 5.91 Å². The number of hydrogen-bond acceptors (Lipinski definition) is 3. The average Bonchev–Trinajstić information content (AvgIpc) is 3.01. The van der Waals surface area contributed by atoms with Crippen LogP contribution in [0.1, 0.15) is 23.7 Å². The van der Waals surface area contributed by atoms with Gasteiger partial charge in [0.05, 0.1) is 24.1 Å². The number of aromatic nitrogens is 2. The third-order valence-electron chi connectivity index (χ3n) is 3.77. The highest BCUT2D eigenvalue weighted by atomic mass is 19.4. The molecule has 2 N–H and O–H groups in total. The molecule has 2 atom stereocenters. The van der Waals surface area contributed by atoms with Crippen LogP contribution in [0.5, 0.6) is 0 Å². The van der Waals surface area contributed by atoms with Gasteiger partial charge in [-0.25, -0.2) is 0 Å². The fraction of sp³-hybridized carbons (Fsp3) is 0.615. The summed E-state index contributed by atoms with van der Waals surface area (Å²) in [6.45, 7) is 2.11. The number of halogens is 3. The minimum absolute atomic E-state index is 0.0401. The van der Waals surface area contributed by atoms with Crippen LogP contribution in [0, 0.1) is 11.8 Å².